The first-order valence-corrected chi connectivity index (χ1v) is 9.02. The Hall–Kier alpha value is -1.95. The second-order valence-electron chi connectivity index (χ2n) is 7.66. The van der Waals surface area contributed by atoms with E-state index in [1.807, 2.05) is 0 Å². The Morgan fingerprint density at radius 2 is 1.60 bits per heavy atom. The van der Waals surface area contributed by atoms with E-state index < -0.39 is 0 Å². The molecule has 3 rings (SSSR count). The lowest BCUT2D eigenvalue weighted by Crippen LogP contribution is -2.41. The molecule has 2 aliphatic rings. The quantitative estimate of drug-likeness (QED) is 0.731. The number of anilines is 1. The summed E-state index contributed by atoms with van der Waals surface area (Å²) in [6.07, 6.45) is 7.82. The second kappa shape index (κ2) is 8.43. The number of pyridine rings is 1. The van der Waals surface area contributed by atoms with Crippen molar-refractivity contribution in [3.63, 3.8) is 0 Å². The van der Waals surface area contributed by atoms with Crippen LogP contribution in [0.2, 0.25) is 0 Å². The van der Waals surface area contributed by atoms with Crippen LogP contribution in [0.25, 0.3) is 0 Å². The van der Waals surface area contributed by atoms with Crippen molar-refractivity contribution in [1.82, 2.24) is 10.3 Å². The lowest BCUT2D eigenvalue weighted by Gasteiger charge is -2.24. The fourth-order valence-corrected chi connectivity index (χ4v) is 3.43. The number of carbonyl (C=O) groups excluding carboxylic acids is 1. The van der Waals surface area contributed by atoms with Crippen LogP contribution >= 0.6 is 0 Å². The van der Waals surface area contributed by atoms with E-state index in [2.05, 4.69) is 31.4 Å². The molecule has 0 atom stereocenters. The predicted molar refractivity (Wildman–Crippen MR) is 98.0 cm³/mol. The fraction of sp³-hybridized carbons (Fsp3) is 0.632. The van der Waals surface area contributed by atoms with Crippen molar-refractivity contribution in [2.75, 3.05) is 11.9 Å². The molecule has 2 aliphatic carbocycles. The Morgan fingerprint density at radius 1 is 1.08 bits per heavy atom. The van der Waals surface area contributed by atoms with Crippen LogP contribution in [0, 0.1) is 0 Å². The molecule has 25 heavy (non-hydrogen) atoms. The summed E-state index contributed by atoms with van der Waals surface area (Å²) in [5.41, 5.74) is 6.10. The number of hydrogen-bond acceptors (Lipinski definition) is 4. The highest BCUT2D eigenvalue weighted by Crippen LogP contribution is 2.35. The third-order valence-electron chi connectivity index (χ3n) is 4.54. The summed E-state index contributed by atoms with van der Waals surface area (Å²) < 4.78 is 0. The molecular formula is C19H29N3O3. The van der Waals surface area contributed by atoms with Gasteiger partial charge in [-0.1, -0.05) is 0 Å². The predicted octanol–water partition coefficient (Wildman–Crippen LogP) is 2.48. The first-order chi connectivity index (χ1) is 11.9. The van der Waals surface area contributed by atoms with E-state index in [-0.39, 0.29) is 17.9 Å². The van der Waals surface area contributed by atoms with E-state index in [1.54, 1.807) is 0 Å². The summed E-state index contributed by atoms with van der Waals surface area (Å²) in [7, 11) is 0. The van der Waals surface area contributed by atoms with Crippen LogP contribution in [0.1, 0.15) is 62.5 Å². The normalized spacial score (nSPS) is 15.5. The molecule has 3 N–H and O–H groups in total. The van der Waals surface area contributed by atoms with Gasteiger partial charge in [0.2, 0.25) is 5.91 Å². The highest BCUT2D eigenvalue weighted by Gasteiger charge is 2.25. The van der Waals surface area contributed by atoms with Gasteiger partial charge in [0.05, 0.1) is 12.2 Å². The Bertz CT molecular complexity index is 636. The molecule has 1 heterocycles. The first-order valence-electron chi connectivity index (χ1n) is 9.02. The maximum Gasteiger partial charge on any atom is 0.290 e. The van der Waals surface area contributed by atoms with E-state index >= 15 is 0 Å². The maximum atomic E-state index is 12.4. The number of amides is 1. The Balaban J connectivity index is 0.000000701. The SMILES string of the molecule is CC(C)(C)NCC(=O)Nc1c2c(nc3c1CCC3)CCCC2.O=CO. The number of carbonyl (C=O) groups is 2. The average Bonchev–Trinajstić information content (AvgIpc) is 3.01. The zero-order valence-electron chi connectivity index (χ0n) is 15.4. The highest BCUT2D eigenvalue weighted by molar-refractivity contribution is 5.94. The van der Waals surface area contributed by atoms with Crippen molar-refractivity contribution >= 4 is 18.1 Å². The number of fused-ring (bicyclic) bond motifs is 2. The smallest absolute Gasteiger partial charge is 0.290 e. The first kappa shape index (κ1) is 19.4. The topological polar surface area (TPSA) is 91.3 Å². The molecule has 0 bridgehead atoms. The van der Waals surface area contributed by atoms with Gasteiger partial charge in [0.15, 0.2) is 0 Å². The van der Waals surface area contributed by atoms with Crippen molar-refractivity contribution in [3.8, 4) is 0 Å². The van der Waals surface area contributed by atoms with Crippen LogP contribution in [-0.4, -0.2) is 34.6 Å². The lowest BCUT2D eigenvalue weighted by molar-refractivity contribution is -0.123. The standard InChI is InChI=1S/C18H27N3O.CH2O2/c1-18(2,3)19-11-16(22)21-17-12-7-4-5-9-14(12)20-15-10-6-8-13(15)17;2-1-3/h19H,4-11H2,1-3H3,(H,20,21,22);1H,(H,2,3). The van der Waals surface area contributed by atoms with Gasteiger partial charge in [-0.25, -0.2) is 0 Å². The molecule has 1 aromatic rings. The van der Waals surface area contributed by atoms with Gasteiger partial charge in [0, 0.05) is 16.9 Å². The van der Waals surface area contributed by atoms with Gasteiger partial charge < -0.3 is 15.7 Å². The molecule has 0 spiro atoms. The molecule has 6 heteroatoms. The van der Waals surface area contributed by atoms with Crippen molar-refractivity contribution in [2.24, 2.45) is 0 Å². The second-order valence-corrected chi connectivity index (χ2v) is 7.66. The third kappa shape index (κ3) is 5.26. The van der Waals surface area contributed by atoms with Crippen LogP contribution < -0.4 is 10.6 Å². The van der Waals surface area contributed by atoms with E-state index in [0.29, 0.717) is 6.54 Å². The number of nitrogens with one attached hydrogen (secondary N) is 2. The van der Waals surface area contributed by atoms with E-state index in [1.165, 1.54) is 35.4 Å². The summed E-state index contributed by atoms with van der Waals surface area (Å²) in [6.45, 7) is 6.33. The van der Waals surface area contributed by atoms with Gasteiger partial charge in [-0.3, -0.25) is 14.6 Å². The fourth-order valence-electron chi connectivity index (χ4n) is 3.43. The van der Waals surface area contributed by atoms with Crippen LogP contribution in [0.5, 0.6) is 0 Å². The number of nitrogens with zero attached hydrogens (tertiary/aromatic N) is 1. The summed E-state index contributed by atoms with van der Waals surface area (Å²) in [5, 5.41) is 13.4. The number of aryl methyl sites for hydroxylation is 2. The Morgan fingerprint density at radius 3 is 2.20 bits per heavy atom. The molecule has 0 fully saturated rings. The molecule has 138 valence electrons. The van der Waals surface area contributed by atoms with Crippen molar-refractivity contribution < 1.29 is 14.7 Å². The third-order valence-corrected chi connectivity index (χ3v) is 4.54. The minimum absolute atomic E-state index is 0.0447. The molecule has 6 nitrogen and oxygen atoms in total. The van der Waals surface area contributed by atoms with Gasteiger partial charge in [-0.2, -0.15) is 0 Å². The molecule has 0 aromatic carbocycles. The Kier molecular flexibility index (Phi) is 6.53. The lowest BCUT2D eigenvalue weighted by atomic mass is 9.92. The molecule has 0 radical (unpaired) electrons. The van der Waals surface area contributed by atoms with Gasteiger partial charge in [-0.05, 0) is 76.8 Å². The monoisotopic (exact) mass is 347 g/mol. The molecule has 0 saturated heterocycles. The number of rotatable bonds is 3. The number of carboxylic acid groups (broad SMARTS) is 1. The zero-order chi connectivity index (χ0) is 18.4. The van der Waals surface area contributed by atoms with Gasteiger partial charge in [0.1, 0.15) is 0 Å². The summed E-state index contributed by atoms with van der Waals surface area (Å²) in [4.78, 5) is 25.6. The highest BCUT2D eigenvalue weighted by atomic mass is 16.3. The molecule has 1 amide bonds. The minimum Gasteiger partial charge on any atom is -0.483 e. The van der Waals surface area contributed by atoms with E-state index in [9.17, 15) is 4.79 Å². The van der Waals surface area contributed by atoms with Gasteiger partial charge >= 0.3 is 0 Å². The zero-order valence-corrected chi connectivity index (χ0v) is 15.4. The summed E-state index contributed by atoms with van der Waals surface area (Å²) >= 11 is 0. The van der Waals surface area contributed by atoms with Gasteiger partial charge in [0.25, 0.3) is 6.47 Å². The minimum atomic E-state index is -0.250. The average molecular weight is 347 g/mol. The molecule has 0 unspecified atom stereocenters. The van der Waals surface area contributed by atoms with Crippen molar-refractivity contribution in [2.45, 2.75) is 71.3 Å². The van der Waals surface area contributed by atoms with E-state index in [0.717, 1.165) is 37.8 Å². The molecule has 1 aromatic heterocycles. The largest absolute Gasteiger partial charge is 0.483 e. The van der Waals surface area contributed by atoms with Crippen LogP contribution in [0.4, 0.5) is 5.69 Å². The van der Waals surface area contributed by atoms with Crippen LogP contribution in [0.15, 0.2) is 0 Å². The van der Waals surface area contributed by atoms with Gasteiger partial charge in [-0.15, -0.1) is 0 Å². The molecular weight excluding hydrogens is 318 g/mol. The van der Waals surface area contributed by atoms with Crippen LogP contribution in [-0.2, 0) is 35.3 Å². The molecule has 0 aliphatic heterocycles. The Labute approximate surface area is 149 Å². The van der Waals surface area contributed by atoms with E-state index in [4.69, 9.17) is 14.9 Å². The van der Waals surface area contributed by atoms with Crippen molar-refractivity contribution in [1.29, 1.82) is 0 Å². The summed E-state index contributed by atoms with van der Waals surface area (Å²) in [6, 6.07) is 0. The van der Waals surface area contributed by atoms with Crippen molar-refractivity contribution in [3.05, 3.63) is 22.5 Å². The molecule has 0 saturated carbocycles. The van der Waals surface area contributed by atoms with Crippen LogP contribution in [0.3, 0.4) is 0 Å². The maximum absolute atomic E-state index is 12.4. The summed E-state index contributed by atoms with van der Waals surface area (Å²) in [5.74, 6) is 0.0583. The number of aromatic nitrogens is 1. The number of hydrogen-bond donors (Lipinski definition) is 3.